The van der Waals surface area contributed by atoms with Gasteiger partial charge in [0.25, 0.3) is 0 Å². The minimum atomic E-state index is -3.44. The van der Waals surface area contributed by atoms with Crippen LogP contribution in [0.5, 0.6) is 0 Å². The number of nitrogens with one attached hydrogen (secondary N) is 2. The topological polar surface area (TPSA) is 101 Å². The third-order valence-corrected chi connectivity index (χ3v) is 4.46. The number of amides is 1. The van der Waals surface area contributed by atoms with Crippen molar-refractivity contribution in [3.8, 4) is 0 Å². The lowest BCUT2D eigenvalue weighted by molar-refractivity contribution is -0.125. The van der Waals surface area contributed by atoms with Crippen molar-refractivity contribution in [3.63, 3.8) is 0 Å². The zero-order chi connectivity index (χ0) is 15.4. The molecule has 0 aliphatic rings. The highest BCUT2D eigenvalue weighted by atomic mass is 32.2. The van der Waals surface area contributed by atoms with Gasteiger partial charge in [-0.2, -0.15) is 0 Å². The summed E-state index contributed by atoms with van der Waals surface area (Å²) in [6, 6.07) is 6.33. The molecule has 1 aromatic carbocycles. The number of sulfonamides is 1. The van der Waals surface area contributed by atoms with E-state index in [-0.39, 0.29) is 4.90 Å². The average Bonchev–Trinajstić information content (AvgIpc) is 2.37. The normalized spacial score (nSPS) is 12.2. The van der Waals surface area contributed by atoms with Gasteiger partial charge in [-0.05, 0) is 38.1 Å². The summed E-state index contributed by atoms with van der Waals surface area (Å²) in [5.41, 5.74) is 5.34. The first kappa shape index (κ1) is 16.5. The van der Waals surface area contributed by atoms with Gasteiger partial charge in [0.05, 0.1) is 10.3 Å². The molecule has 1 rings (SSSR count). The molecule has 1 aromatic rings. The predicted octanol–water partition coefficient (Wildman–Crippen LogP) is 0.908. The molecule has 0 aliphatic carbocycles. The molecule has 112 valence electrons. The number of carbonyl (C=O) groups excluding carboxylic acids is 1. The Labute approximate surface area is 119 Å². The second-order valence-corrected chi connectivity index (χ2v) is 6.89. The summed E-state index contributed by atoms with van der Waals surface area (Å²) in [6.07, 6.45) is 0. The van der Waals surface area contributed by atoms with Crippen LogP contribution in [0.3, 0.4) is 0 Å². The van der Waals surface area contributed by atoms with Crippen LogP contribution in [0.2, 0.25) is 0 Å². The summed E-state index contributed by atoms with van der Waals surface area (Å²) < 4.78 is 25.9. The van der Waals surface area contributed by atoms with E-state index in [1.165, 1.54) is 12.1 Å². The first-order chi connectivity index (χ1) is 9.19. The molecule has 0 atom stereocenters. The molecule has 0 bridgehead atoms. The monoisotopic (exact) mass is 299 g/mol. The quantitative estimate of drug-likeness (QED) is 0.696. The number of rotatable bonds is 7. The molecule has 0 aromatic heterocycles. The zero-order valence-corrected chi connectivity index (χ0v) is 12.8. The number of primary amides is 1. The van der Waals surface area contributed by atoms with Crippen LogP contribution in [-0.2, 0) is 14.8 Å². The third kappa shape index (κ3) is 4.21. The largest absolute Gasteiger partial charge is 0.384 e. The summed E-state index contributed by atoms with van der Waals surface area (Å²) in [5.74, 6) is -0.392. The highest BCUT2D eigenvalue weighted by Crippen LogP contribution is 2.18. The van der Waals surface area contributed by atoms with Crippen molar-refractivity contribution < 1.29 is 13.2 Å². The Morgan fingerprint density at radius 3 is 2.25 bits per heavy atom. The molecule has 20 heavy (non-hydrogen) atoms. The molecule has 4 N–H and O–H groups in total. The van der Waals surface area contributed by atoms with Crippen molar-refractivity contribution in [2.75, 3.05) is 18.4 Å². The minimum absolute atomic E-state index is 0.207. The fourth-order valence-corrected chi connectivity index (χ4v) is 2.48. The van der Waals surface area contributed by atoms with Crippen LogP contribution in [-0.4, -0.2) is 27.4 Å². The smallest absolute Gasteiger partial charge is 0.240 e. The van der Waals surface area contributed by atoms with E-state index in [1.54, 1.807) is 32.9 Å². The highest BCUT2D eigenvalue weighted by Gasteiger charge is 2.24. The molecule has 0 unspecified atom stereocenters. The van der Waals surface area contributed by atoms with Gasteiger partial charge in [0.1, 0.15) is 0 Å². The number of nitrogens with two attached hydrogens (primary N) is 1. The van der Waals surface area contributed by atoms with Gasteiger partial charge in [-0.15, -0.1) is 0 Å². The Morgan fingerprint density at radius 2 is 1.80 bits per heavy atom. The first-order valence-electron chi connectivity index (χ1n) is 6.32. The molecule has 0 aliphatic heterocycles. The van der Waals surface area contributed by atoms with E-state index >= 15 is 0 Å². The summed E-state index contributed by atoms with van der Waals surface area (Å²) in [5, 5.41) is 3.06. The van der Waals surface area contributed by atoms with E-state index in [9.17, 15) is 13.2 Å². The van der Waals surface area contributed by atoms with Crippen LogP contribution in [0.1, 0.15) is 20.8 Å². The van der Waals surface area contributed by atoms with Gasteiger partial charge < -0.3 is 11.1 Å². The lowest BCUT2D eigenvalue weighted by Crippen LogP contribution is -2.37. The lowest BCUT2D eigenvalue weighted by atomic mass is 9.93. The number of carbonyl (C=O) groups is 1. The molecular weight excluding hydrogens is 278 g/mol. The zero-order valence-electron chi connectivity index (χ0n) is 11.9. The second kappa shape index (κ2) is 6.23. The van der Waals surface area contributed by atoms with Gasteiger partial charge >= 0.3 is 0 Å². The van der Waals surface area contributed by atoms with Crippen LogP contribution >= 0.6 is 0 Å². The van der Waals surface area contributed by atoms with Crippen molar-refractivity contribution in [1.29, 1.82) is 0 Å². The van der Waals surface area contributed by atoms with Gasteiger partial charge in [0.2, 0.25) is 15.9 Å². The Balaban J connectivity index is 2.76. The number of hydrogen-bond donors (Lipinski definition) is 3. The number of anilines is 1. The van der Waals surface area contributed by atoms with Gasteiger partial charge in [-0.3, -0.25) is 4.79 Å². The maximum Gasteiger partial charge on any atom is 0.240 e. The fraction of sp³-hybridized carbons (Fsp3) is 0.462. The van der Waals surface area contributed by atoms with Crippen LogP contribution in [0, 0.1) is 5.41 Å². The van der Waals surface area contributed by atoms with Crippen molar-refractivity contribution >= 4 is 21.6 Å². The van der Waals surface area contributed by atoms with Gasteiger partial charge in [0.15, 0.2) is 0 Å². The summed E-state index contributed by atoms with van der Waals surface area (Å²) >= 11 is 0. The standard InChI is InChI=1S/C13H21N3O3S/c1-4-16-20(18,19)11-7-5-10(6-8-11)15-9-13(2,3)12(14)17/h5-8,15-16H,4,9H2,1-3H3,(H2,14,17). The SMILES string of the molecule is CCNS(=O)(=O)c1ccc(NCC(C)(C)C(N)=O)cc1. The van der Waals surface area contributed by atoms with E-state index in [2.05, 4.69) is 10.0 Å². The maximum absolute atomic E-state index is 11.8. The molecule has 6 nitrogen and oxygen atoms in total. The van der Waals surface area contributed by atoms with Crippen LogP contribution in [0.25, 0.3) is 0 Å². The van der Waals surface area contributed by atoms with Crippen molar-refractivity contribution in [2.24, 2.45) is 11.1 Å². The van der Waals surface area contributed by atoms with Crippen molar-refractivity contribution in [1.82, 2.24) is 4.72 Å². The minimum Gasteiger partial charge on any atom is -0.384 e. The summed E-state index contributed by atoms with van der Waals surface area (Å²) in [6.45, 7) is 5.93. The van der Waals surface area contributed by atoms with E-state index in [0.29, 0.717) is 13.1 Å². The van der Waals surface area contributed by atoms with Gasteiger partial charge in [-0.25, -0.2) is 13.1 Å². The Bertz CT molecular complexity index is 565. The summed E-state index contributed by atoms with van der Waals surface area (Å²) in [4.78, 5) is 11.4. The maximum atomic E-state index is 11.8. The van der Waals surface area contributed by atoms with E-state index in [0.717, 1.165) is 5.69 Å². The molecule has 7 heteroatoms. The van der Waals surface area contributed by atoms with Crippen LogP contribution in [0.15, 0.2) is 29.2 Å². The molecule has 0 fully saturated rings. The molecule has 0 spiro atoms. The van der Waals surface area contributed by atoms with E-state index < -0.39 is 21.3 Å². The number of benzene rings is 1. The van der Waals surface area contributed by atoms with E-state index in [1.807, 2.05) is 0 Å². The Morgan fingerprint density at radius 1 is 1.25 bits per heavy atom. The molecule has 1 amide bonds. The van der Waals surface area contributed by atoms with Crippen molar-refractivity contribution in [3.05, 3.63) is 24.3 Å². The predicted molar refractivity (Wildman–Crippen MR) is 78.8 cm³/mol. The van der Waals surface area contributed by atoms with Crippen LogP contribution < -0.4 is 15.8 Å². The molecule has 0 heterocycles. The van der Waals surface area contributed by atoms with Gasteiger partial charge in [-0.1, -0.05) is 6.92 Å². The summed E-state index contributed by atoms with van der Waals surface area (Å²) in [7, 11) is -3.44. The molecule has 0 saturated carbocycles. The number of hydrogen-bond acceptors (Lipinski definition) is 4. The Hall–Kier alpha value is -1.60. The lowest BCUT2D eigenvalue weighted by Gasteiger charge is -2.21. The highest BCUT2D eigenvalue weighted by molar-refractivity contribution is 7.89. The average molecular weight is 299 g/mol. The molecule has 0 saturated heterocycles. The molecular formula is C13H21N3O3S. The van der Waals surface area contributed by atoms with Crippen molar-refractivity contribution in [2.45, 2.75) is 25.7 Å². The van der Waals surface area contributed by atoms with E-state index in [4.69, 9.17) is 5.73 Å². The first-order valence-corrected chi connectivity index (χ1v) is 7.81. The van der Waals surface area contributed by atoms with Crippen LogP contribution in [0.4, 0.5) is 5.69 Å². The Kier molecular flexibility index (Phi) is 5.13. The third-order valence-electron chi connectivity index (χ3n) is 2.90. The fourth-order valence-electron chi connectivity index (χ4n) is 1.44. The van der Waals surface area contributed by atoms with Gasteiger partial charge in [0, 0.05) is 18.8 Å². The second-order valence-electron chi connectivity index (χ2n) is 5.13. The molecule has 0 radical (unpaired) electrons.